The van der Waals surface area contributed by atoms with Crippen molar-refractivity contribution in [1.29, 1.82) is 0 Å². The fourth-order valence-corrected chi connectivity index (χ4v) is 2.28. The van der Waals surface area contributed by atoms with Gasteiger partial charge in [0.15, 0.2) is 6.10 Å². The molecule has 1 aliphatic heterocycles. The highest BCUT2D eigenvalue weighted by atomic mass is 16.6. The van der Waals surface area contributed by atoms with Crippen LogP contribution >= 0.6 is 0 Å². The Morgan fingerprint density at radius 3 is 2.60 bits per heavy atom. The van der Waals surface area contributed by atoms with E-state index >= 15 is 0 Å². The average Bonchev–Trinajstić information content (AvgIpc) is 2.90. The van der Waals surface area contributed by atoms with Crippen LogP contribution in [-0.2, 0) is 11.3 Å². The van der Waals surface area contributed by atoms with E-state index in [1.54, 1.807) is 30.3 Å². The van der Waals surface area contributed by atoms with E-state index in [4.69, 9.17) is 4.84 Å². The number of phenols is 2. The first-order valence-corrected chi connectivity index (χ1v) is 6.49. The van der Waals surface area contributed by atoms with Gasteiger partial charge < -0.3 is 15.1 Å². The zero-order chi connectivity index (χ0) is 13.9. The van der Waals surface area contributed by atoms with Crippen LogP contribution in [0.2, 0.25) is 0 Å². The summed E-state index contributed by atoms with van der Waals surface area (Å²) < 4.78 is 0. The number of phenolic OH excluding ortho intramolecular Hbond substituents is 2. The molecule has 20 heavy (non-hydrogen) atoms. The van der Waals surface area contributed by atoms with Crippen LogP contribution in [0.25, 0.3) is 0 Å². The molecule has 0 saturated heterocycles. The molecule has 0 amide bonds. The highest BCUT2D eigenvalue weighted by Gasteiger charge is 2.23. The zero-order valence-corrected chi connectivity index (χ0v) is 10.9. The zero-order valence-electron chi connectivity index (χ0n) is 10.9. The maximum Gasteiger partial charge on any atom is 0.158 e. The van der Waals surface area contributed by atoms with Crippen molar-refractivity contribution in [3.05, 3.63) is 59.7 Å². The van der Waals surface area contributed by atoms with E-state index in [1.807, 2.05) is 18.2 Å². The smallest absolute Gasteiger partial charge is 0.158 e. The minimum atomic E-state index is -0.130. The fourth-order valence-electron chi connectivity index (χ4n) is 2.28. The standard InChI is InChI=1S/C16H15NO3/c18-14-6-4-11(5-7-14)8-13-10-16(20-17-13)12-2-1-3-15(19)9-12/h1-7,9,16,18-19H,8,10H2. The van der Waals surface area contributed by atoms with Crippen molar-refractivity contribution in [2.45, 2.75) is 18.9 Å². The Kier molecular flexibility index (Phi) is 3.29. The highest BCUT2D eigenvalue weighted by Crippen LogP contribution is 2.30. The molecule has 1 atom stereocenters. The number of benzene rings is 2. The Morgan fingerprint density at radius 1 is 1.05 bits per heavy atom. The van der Waals surface area contributed by atoms with Gasteiger partial charge in [-0.2, -0.15) is 0 Å². The van der Waals surface area contributed by atoms with E-state index in [-0.39, 0.29) is 17.6 Å². The molecule has 4 heteroatoms. The number of hydrogen-bond acceptors (Lipinski definition) is 4. The van der Waals surface area contributed by atoms with E-state index in [0.717, 1.165) is 16.8 Å². The Balaban J connectivity index is 1.66. The second-order valence-electron chi connectivity index (χ2n) is 4.89. The number of rotatable bonds is 3. The summed E-state index contributed by atoms with van der Waals surface area (Å²) in [5, 5.41) is 22.9. The van der Waals surface area contributed by atoms with Gasteiger partial charge in [0.25, 0.3) is 0 Å². The molecule has 1 heterocycles. The minimum absolute atomic E-state index is 0.130. The van der Waals surface area contributed by atoms with Gasteiger partial charge >= 0.3 is 0 Å². The van der Waals surface area contributed by atoms with Crippen LogP contribution in [0.4, 0.5) is 0 Å². The van der Waals surface area contributed by atoms with Gasteiger partial charge in [-0.3, -0.25) is 0 Å². The molecule has 0 aromatic heterocycles. The monoisotopic (exact) mass is 269 g/mol. The van der Waals surface area contributed by atoms with E-state index in [9.17, 15) is 10.2 Å². The van der Waals surface area contributed by atoms with E-state index < -0.39 is 0 Å². The maximum absolute atomic E-state index is 9.48. The van der Waals surface area contributed by atoms with Crippen LogP contribution in [0.15, 0.2) is 53.7 Å². The third-order valence-electron chi connectivity index (χ3n) is 3.32. The van der Waals surface area contributed by atoms with Gasteiger partial charge in [0.2, 0.25) is 0 Å². The van der Waals surface area contributed by atoms with Crippen LogP contribution in [0.5, 0.6) is 11.5 Å². The van der Waals surface area contributed by atoms with Crippen molar-refractivity contribution in [2.24, 2.45) is 5.16 Å². The SMILES string of the molecule is Oc1ccc(CC2=NOC(c3cccc(O)c3)C2)cc1. The Bertz CT molecular complexity index is 634. The van der Waals surface area contributed by atoms with Gasteiger partial charge in [-0.15, -0.1) is 0 Å². The summed E-state index contributed by atoms with van der Waals surface area (Å²) in [5.41, 5.74) is 2.97. The predicted octanol–water partition coefficient (Wildman–Crippen LogP) is 3.16. The third-order valence-corrected chi connectivity index (χ3v) is 3.32. The molecule has 102 valence electrons. The molecule has 1 unspecified atom stereocenters. The molecule has 0 bridgehead atoms. The molecular formula is C16H15NO3. The maximum atomic E-state index is 9.48. The summed E-state index contributed by atoms with van der Waals surface area (Å²) >= 11 is 0. The Hall–Kier alpha value is -2.49. The van der Waals surface area contributed by atoms with Crippen molar-refractivity contribution in [1.82, 2.24) is 0 Å². The lowest BCUT2D eigenvalue weighted by atomic mass is 10.0. The normalized spacial score (nSPS) is 17.6. The second kappa shape index (κ2) is 5.25. The minimum Gasteiger partial charge on any atom is -0.508 e. The Morgan fingerprint density at radius 2 is 1.85 bits per heavy atom. The molecular weight excluding hydrogens is 254 g/mol. The van der Waals surface area contributed by atoms with Gasteiger partial charge in [-0.25, -0.2) is 0 Å². The average molecular weight is 269 g/mol. The van der Waals surface area contributed by atoms with Crippen LogP contribution in [0, 0.1) is 0 Å². The molecule has 1 aliphatic rings. The summed E-state index contributed by atoms with van der Waals surface area (Å²) in [6.45, 7) is 0. The van der Waals surface area contributed by atoms with E-state index in [2.05, 4.69) is 5.16 Å². The number of nitrogens with zero attached hydrogens (tertiary/aromatic N) is 1. The lowest BCUT2D eigenvalue weighted by Gasteiger charge is -2.08. The van der Waals surface area contributed by atoms with Gasteiger partial charge in [0.1, 0.15) is 11.5 Å². The largest absolute Gasteiger partial charge is 0.508 e. The summed E-state index contributed by atoms with van der Waals surface area (Å²) in [7, 11) is 0. The summed E-state index contributed by atoms with van der Waals surface area (Å²) in [6, 6.07) is 14.1. The predicted molar refractivity (Wildman–Crippen MR) is 75.8 cm³/mol. The quantitative estimate of drug-likeness (QED) is 0.899. The van der Waals surface area contributed by atoms with Crippen LogP contribution in [-0.4, -0.2) is 15.9 Å². The highest BCUT2D eigenvalue weighted by molar-refractivity contribution is 5.87. The number of hydrogen-bond donors (Lipinski definition) is 2. The van der Waals surface area contributed by atoms with Crippen LogP contribution in [0.3, 0.4) is 0 Å². The van der Waals surface area contributed by atoms with Crippen molar-refractivity contribution in [3.63, 3.8) is 0 Å². The van der Waals surface area contributed by atoms with E-state index in [1.165, 1.54) is 0 Å². The topological polar surface area (TPSA) is 62.1 Å². The number of aromatic hydroxyl groups is 2. The van der Waals surface area contributed by atoms with Crippen molar-refractivity contribution in [2.75, 3.05) is 0 Å². The molecule has 0 aliphatic carbocycles. The van der Waals surface area contributed by atoms with Crippen molar-refractivity contribution >= 4 is 5.71 Å². The Labute approximate surface area is 116 Å². The summed E-state index contributed by atoms with van der Waals surface area (Å²) in [4.78, 5) is 5.43. The van der Waals surface area contributed by atoms with Gasteiger partial charge in [-0.05, 0) is 35.4 Å². The summed E-state index contributed by atoms with van der Waals surface area (Å²) in [5.74, 6) is 0.495. The molecule has 0 radical (unpaired) electrons. The van der Waals surface area contributed by atoms with Crippen molar-refractivity contribution < 1.29 is 15.1 Å². The van der Waals surface area contributed by atoms with E-state index in [0.29, 0.717) is 12.8 Å². The van der Waals surface area contributed by atoms with Crippen LogP contribution in [0.1, 0.15) is 23.7 Å². The van der Waals surface area contributed by atoms with Gasteiger partial charge in [0.05, 0.1) is 5.71 Å². The van der Waals surface area contributed by atoms with Crippen LogP contribution < -0.4 is 0 Å². The fraction of sp³-hybridized carbons (Fsp3) is 0.188. The second-order valence-corrected chi connectivity index (χ2v) is 4.89. The molecule has 0 saturated carbocycles. The molecule has 0 fully saturated rings. The van der Waals surface area contributed by atoms with Crippen molar-refractivity contribution in [3.8, 4) is 11.5 Å². The number of oxime groups is 1. The molecule has 2 N–H and O–H groups in total. The molecule has 2 aromatic rings. The molecule has 3 rings (SSSR count). The van der Waals surface area contributed by atoms with Gasteiger partial charge in [-0.1, -0.05) is 29.4 Å². The van der Waals surface area contributed by atoms with Gasteiger partial charge in [0, 0.05) is 12.8 Å². The summed E-state index contributed by atoms with van der Waals surface area (Å²) in [6.07, 6.45) is 1.29. The molecule has 0 spiro atoms. The molecule has 2 aromatic carbocycles. The lowest BCUT2D eigenvalue weighted by Crippen LogP contribution is -2.03. The third kappa shape index (κ3) is 2.74. The first kappa shape index (κ1) is 12.5. The first-order chi connectivity index (χ1) is 9.70. The molecule has 4 nitrogen and oxygen atoms in total. The first-order valence-electron chi connectivity index (χ1n) is 6.49. The lowest BCUT2D eigenvalue weighted by molar-refractivity contribution is 0.0855.